The van der Waals surface area contributed by atoms with Crippen LogP contribution >= 0.6 is 0 Å². The van der Waals surface area contributed by atoms with E-state index in [4.69, 9.17) is 15.2 Å². The number of benzene rings is 2. The van der Waals surface area contributed by atoms with Crippen LogP contribution in [-0.2, 0) is 17.8 Å². The molecule has 0 fully saturated rings. The highest BCUT2D eigenvalue weighted by molar-refractivity contribution is 5.73. The molecular weight excluding hydrogens is 264 g/mol. The Morgan fingerprint density at radius 1 is 1.05 bits per heavy atom. The summed E-state index contributed by atoms with van der Waals surface area (Å²) in [5.41, 5.74) is 7.87. The summed E-state index contributed by atoms with van der Waals surface area (Å²) in [4.78, 5) is 4.22. The largest absolute Gasteiger partial charge is 0.489 e. The van der Waals surface area contributed by atoms with Crippen molar-refractivity contribution in [2.75, 3.05) is 6.61 Å². The van der Waals surface area contributed by atoms with E-state index >= 15 is 0 Å². The van der Waals surface area contributed by atoms with E-state index in [0.29, 0.717) is 19.2 Å². The highest BCUT2D eigenvalue weighted by Gasteiger charge is 2.16. The molecule has 1 aliphatic heterocycles. The zero-order valence-electron chi connectivity index (χ0n) is 11.7. The number of hydrogen-bond acceptors (Lipinski definition) is 4. The van der Waals surface area contributed by atoms with Crippen molar-refractivity contribution in [3.05, 3.63) is 65.7 Å². The summed E-state index contributed by atoms with van der Waals surface area (Å²) < 4.78 is 10.9. The summed E-state index contributed by atoms with van der Waals surface area (Å²) in [5.74, 6) is 0.869. The molecule has 2 N–H and O–H groups in total. The molecular formula is C17H18N2O2. The SMILES string of the molecule is NC1=N[C@@H](Cc2ccc(OCc3ccccc3)cc2)CO1. The van der Waals surface area contributed by atoms with E-state index in [-0.39, 0.29) is 6.04 Å². The Kier molecular flexibility index (Phi) is 4.05. The Labute approximate surface area is 124 Å². The molecule has 0 unspecified atom stereocenters. The van der Waals surface area contributed by atoms with Crippen molar-refractivity contribution in [2.45, 2.75) is 19.1 Å². The molecule has 0 saturated heterocycles. The van der Waals surface area contributed by atoms with Crippen molar-refractivity contribution in [3.8, 4) is 5.75 Å². The van der Waals surface area contributed by atoms with Crippen LogP contribution in [0.4, 0.5) is 0 Å². The molecule has 0 amide bonds. The van der Waals surface area contributed by atoms with Crippen molar-refractivity contribution < 1.29 is 9.47 Å². The second-order valence-corrected chi connectivity index (χ2v) is 5.05. The predicted molar refractivity (Wildman–Crippen MR) is 82.3 cm³/mol. The fourth-order valence-corrected chi connectivity index (χ4v) is 2.28. The molecule has 3 rings (SSSR count). The maximum absolute atomic E-state index is 5.76. The fourth-order valence-electron chi connectivity index (χ4n) is 2.28. The van der Waals surface area contributed by atoms with E-state index in [1.165, 1.54) is 5.56 Å². The molecule has 108 valence electrons. The minimum Gasteiger partial charge on any atom is -0.489 e. The van der Waals surface area contributed by atoms with Crippen LogP contribution in [0.5, 0.6) is 5.75 Å². The standard InChI is InChI=1S/C17H18N2O2/c18-17-19-15(12-21-17)10-13-6-8-16(9-7-13)20-11-14-4-2-1-3-5-14/h1-9,15H,10-12H2,(H2,18,19)/t15-/m0/s1. The molecule has 1 aliphatic rings. The second-order valence-electron chi connectivity index (χ2n) is 5.05. The minimum absolute atomic E-state index is 0.126. The molecule has 0 saturated carbocycles. The lowest BCUT2D eigenvalue weighted by Crippen LogP contribution is -2.11. The molecule has 0 bridgehead atoms. The van der Waals surface area contributed by atoms with Crippen LogP contribution in [0.15, 0.2) is 59.6 Å². The first-order valence-electron chi connectivity index (χ1n) is 7.01. The normalized spacial score (nSPS) is 17.1. The van der Waals surface area contributed by atoms with E-state index in [2.05, 4.69) is 29.3 Å². The number of hydrogen-bond donors (Lipinski definition) is 1. The first-order valence-corrected chi connectivity index (χ1v) is 7.01. The van der Waals surface area contributed by atoms with Gasteiger partial charge < -0.3 is 15.2 Å². The van der Waals surface area contributed by atoms with E-state index in [9.17, 15) is 0 Å². The molecule has 4 heteroatoms. The fraction of sp³-hybridized carbons (Fsp3) is 0.235. The smallest absolute Gasteiger partial charge is 0.282 e. The number of ether oxygens (including phenoxy) is 2. The first-order chi connectivity index (χ1) is 10.3. The summed E-state index contributed by atoms with van der Waals surface area (Å²) in [6.07, 6.45) is 0.833. The maximum Gasteiger partial charge on any atom is 0.282 e. The van der Waals surface area contributed by atoms with Gasteiger partial charge in [0.2, 0.25) is 0 Å². The van der Waals surface area contributed by atoms with Crippen LogP contribution in [0.25, 0.3) is 0 Å². The first kappa shape index (κ1) is 13.5. The number of aliphatic imine (C=N–C) groups is 1. The highest BCUT2D eigenvalue weighted by Crippen LogP contribution is 2.17. The molecule has 0 aliphatic carbocycles. The lowest BCUT2D eigenvalue weighted by molar-refractivity contribution is 0.305. The van der Waals surface area contributed by atoms with Gasteiger partial charge in [0.25, 0.3) is 6.02 Å². The van der Waals surface area contributed by atoms with Gasteiger partial charge in [-0.2, -0.15) is 0 Å². The quantitative estimate of drug-likeness (QED) is 0.916. The molecule has 0 spiro atoms. The molecule has 2 aromatic rings. The molecule has 21 heavy (non-hydrogen) atoms. The van der Waals surface area contributed by atoms with Gasteiger partial charge in [0, 0.05) is 0 Å². The van der Waals surface area contributed by atoms with Gasteiger partial charge in [-0.3, -0.25) is 0 Å². The van der Waals surface area contributed by atoms with E-state index in [1.807, 2.05) is 30.3 Å². The van der Waals surface area contributed by atoms with E-state index in [1.54, 1.807) is 0 Å². The lowest BCUT2D eigenvalue weighted by Gasteiger charge is -2.08. The lowest BCUT2D eigenvalue weighted by atomic mass is 10.1. The topological polar surface area (TPSA) is 56.8 Å². The van der Waals surface area contributed by atoms with Crippen LogP contribution in [0.1, 0.15) is 11.1 Å². The van der Waals surface area contributed by atoms with E-state index in [0.717, 1.165) is 17.7 Å². The highest BCUT2D eigenvalue weighted by atomic mass is 16.5. The number of nitrogens with two attached hydrogens (primary N) is 1. The van der Waals surface area contributed by atoms with Gasteiger partial charge in [-0.05, 0) is 29.7 Å². The number of amidine groups is 1. The summed E-state index contributed by atoms with van der Waals surface area (Å²) in [6, 6.07) is 18.6. The third kappa shape index (κ3) is 3.75. The zero-order valence-corrected chi connectivity index (χ0v) is 11.7. The number of nitrogens with zero attached hydrogens (tertiary/aromatic N) is 1. The summed E-state index contributed by atoms with van der Waals surface area (Å²) in [5, 5.41) is 0. The second kappa shape index (κ2) is 6.31. The summed E-state index contributed by atoms with van der Waals surface area (Å²) in [6.45, 7) is 1.15. The Morgan fingerprint density at radius 2 is 1.81 bits per heavy atom. The van der Waals surface area contributed by atoms with Crippen molar-refractivity contribution in [2.24, 2.45) is 10.7 Å². The molecule has 0 aromatic heterocycles. The van der Waals surface area contributed by atoms with Crippen molar-refractivity contribution in [1.29, 1.82) is 0 Å². The summed E-state index contributed by atoms with van der Waals surface area (Å²) >= 11 is 0. The Balaban J connectivity index is 1.54. The average molecular weight is 282 g/mol. The molecule has 0 radical (unpaired) electrons. The molecule has 2 aromatic carbocycles. The van der Waals surface area contributed by atoms with Gasteiger partial charge in [-0.15, -0.1) is 0 Å². The Bertz CT molecular complexity index is 608. The Hall–Kier alpha value is -2.49. The van der Waals surface area contributed by atoms with E-state index < -0.39 is 0 Å². The van der Waals surface area contributed by atoms with Crippen LogP contribution in [-0.4, -0.2) is 18.7 Å². The van der Waals surface area contributed by atoms with Crippen LogP contribution in [0, 0.1) is 0 Å². The maximum atomic E-state index is 5.76. The van der Waals surface area contributed by atoms with Gasteiger partial charge >= 0.3 is 0 Å². The van der Waals surface area contributed by atoms with Crippen LogP contribution in [0.2, 0.25) is 0 Å². The van der Waals surface area contributed by atoms with Crippen LogP contribution in [0.3, 0.4) is 0 Å². The van der Waals surface area contributed by atoms with Gasteiger partial charge in [-0.1, -0.05) is 42.5 Å². The number of rotatable bonds is 5. The predicted octanol–water partition coefficient (Wildman–Crippen LogP) is 2.52. The van der Waals surface area contributed by atoms with Gasteiger partial charge in [-0.25, -0.2) is 4.99 Å². The summed E-state index contributed by atoms with van der Waals surface area (Å²) in [7, 11) is 0. The van der Waals surface area contributed by atoms with Gasteiger partial charge in [0.05, 0.1) is 6.04 Å². The third-order valence-electron chi connectivity index (χ3n) is 3.38. The van der Waals surface area contributed by atoms with Crippen molar-refractivity contribution in [3.63, 3.8) is 0 Å². The van der Waals surface area contributed by atoms with Gasteiger partial charge in [0.1, 0.15) is 19.0 Å². The van der Waals surface area contributed by atoms with Gasteiger partial charge in [0.15, 0.2) is 0 Å². The molecule has 1 heterocycles. The third-order valence-corrected chi connectivity index (χ3v) is 3.38. The molecule has 4 nitrogen and oxygen atoms in total. The zero-order chi connectivity index (χ0) is 14.5. The van der Waals surface area contributed by atoms with Crippen molar-refractivity contribution >= 4 is 6.02 Å². The molecule has 1 atom stereocenters. The monoisotopic (exact) mass is 282 g/mol. The van der Waals surface area contributed by atoms with Crippen molar-refractivity contribution in [1.82, 2.24) is 0 Å². The average Bonchev–Trinajstić information content (AvgIpc) is 2.93. The minimum atomic E-state index is 0.126. The van der Waals surface area contributed by atoms with Crippen LogP contribution < -0.4 is 10.5 Å². The Morgan fingerprint density at radius 3 is 2.48 bits per heavy atom.